The molecule has 12 rings (SSSR count). The van der Waals surface area contributed by atoms with Crippen molar-refractivity contribution in [3.63, 3.8) is 0 Å². The van der Waals surface area contributed by atoms with Crippen molar-refractivity contribution in [2.75, 3.05) is 0 Å². The molecule has 10 aromatic carbocycles. The van der Waals surface area contributed by atoms with E-state index in [1.54, 1.807) is 0 Å². The molecule has 2 heterocycles. The molecule has 0 bridgehead atoms. The predicted octanol–water partition coefficient (Wildman–Crippen LogP) is 15.6. The topological polar surface area (TPSA) is 13.1 Å². The fourth-order valence-electron chi connectivity index (χ4n) is 9.01. The number of hydrogen-bond donors (Lipinski definition) is 0. The standard InChI is InChI=1S/C52H30OS/c1-3-13-36-31(10-1)12-9-19-40(36)51-43-17-7-5-15-41(43)50(42-16-6-8-18-44(42)51)35-22-25-39-38-24-20-34(29-48(38)54-49(39)30-35)33-21-26-45-47(28-33)53-46-27-23-32-11-2-4-14-37(32)52(45)46/h1-30H. The van der Waals surface area contributed by atoms with Crippen molar-refractivity contribution in [1.29, 1.82) is 0 Å². The number of hydrogen-bond acceptors (Lipinski definition) is 2. The van der Waals surface area contributed by atoms with Gasteiger partial charge in [-0.05, 0) is 107 Å². The SMILES string of the molecule is c1ccc2c(-c3c4ccccc4c(-c4ccc5c(c4)sc4cc(-c6ccc7c(c6)oc6ccc8ccccc8c67)ccc45)c4ccccc34)cccc2c1. The van der Waals surface area contributed by atoms with Crippen LogP contribution >= 0.6 is 11.3 Å². The van der Waals surface area contributed by atoms with E-state index in [1.807, 2.05) is 11.3 Å². The Hall–Kier alpha value is -6.74. The first-order chi connectivity index (χ1) is 26.8. The molecule has 0 aliphatic heterocycles. The number of benzene rings is 10. The molecule has 0 amide bonds. The van der Waals surface area contributed by atoms with E-state index in [-0.39, 0.29) is 0 Å². The van der Waals surface area contributed by atoms with Gasteiger partial charge in [0, 0.05) is 30.9 Å². The first kappa shape index (κ1) is 29.8. The minimum absolute atomic E-state index is 0.922. The van der Waals surface area contributed by atoms with Crippen molar-refractivity contribution < 1.29 is 4.42 Å². The quantitative estimate of drug-likeness (QED) is 0.167. The fourth-order valence-corrected chi connectivity index (χ4v) is 10.2. The van der Waals surface area contributed by atoms with E-state index in [9.17, 15) is 0 Å². The maximum Gasteiger partial charge on any atom is 0.136 e. The number of rotatable bonds is 3. The molecule has 0 unspecified atom stereocenters. The summed E-state index contributed by atoms with van der Waals surface area (Å²) in [4.78, 5) is 0. The lowest BCUT2D eigenvalue weighted by molar-refractivity contribution is 0.669. The number of thiophene rings is 1. The summed E-state index contributed by atoms with van der Waals surface area (Å²) in [5.41, 5.74) is 9.32. The predicted molar refractivity (Wildman–Crippen MR) is 233 cm³/mol. The number of fused-ring (bicyclic) bond motifs is 11. The molecule has 0 fully saturated rings. The van der Waals surface area contributed by atoms with Crippen molar-refractivity contribution in [2.24, 2.45) is 0 Å². The molecule has 2 aromatic heterocycles. The summed E-state index contributed by atoms with van der Waals surface area (Å²) in [7, 11) is 0. The molecule has 0 N–H and O–H groups in total. The molecule has 1 nitrogen and oxygen atoms in total. The van der Waals surface area contributed by atoms with Crippen LogP contribution in [-0.4, -0.2) is 0 Å². The molecule has 0 saturated heterocycles. The lowest BCUT2D eigenvalue weighted by atomic mass is 9.84. The van der Waals surface area contributed by atoms with Crippen molar-refractivity contribution >= 4 is 96.5 Å². The van der Waals surface area contributed by atoms with Crippen molar-refractivity contribution in [1.82, 2.24) is 0 Å². The Kier molecular flexibility index (Phi) is 6.28. The zero-order chi connectivity index (χ0) is 35.3. The van der Waals surface area contributed by atoms with Crippen LogP contribution in [0.3, 0.4) is 0 Å². The van der Waals surface area contributed by atoms with Crippen LogP contribution in [0.5, 0.6) is 0 Å². The van der Waals surface area contributed by atoms with Crippen LogP contribution in [0.4, 0.5) is 0 Å². The van der Waals surface area contributed by atoms with Crippen molar-refractivity contribution in [3.8, 4) is 33.4 Å². The lowest BCUT2D eigenvalue weighted by Crippen LogP contribution is -1.91. The highest BCUT2D eigenvalue weighted by molar-refractivity contribution is 7.25. The third-order valence-electron chi connectivity index (χ3n) is 11.4. The fraction of sp³-hybridized carbons (Fsp3) is 0. The van der Waals surface area contributed by atoms with Crippen LogP contribution in [0.1, 0.15) is 0 Å². The summed E-state index contributed by atoms with van der Waals surface area (Å²) < 4.78 is 9.01. The largest absolute Gasteiger partial charge is 0.456 e. The van der Waals surface area contributed by atoms with E-state index in [0.717, 1.165) is 22.1 Å². The highest BCUT2D eigenvalue weighted by Crippen LogP contribution is 2.47. The van der Waals surface area contributed by atoms with Gasteiger partial charge in [0.25, 0.3) is 0 Å². The second kappa shape index (κ2) is 11.4. The van der Waals surface area contributed by atoms with Gasteiger partial charge in [-0.25, -0.2) is 0 Å². The van der Waals surface area contributed by atoms with Crippen LogP contribution < -0.4 is 0 Å². The average molecular weight is 703 g/mol. The maximum atomic E-state index is 6.43. The van der Waals surface area contributed by atoms with E-state index in [4.69, 9.17) is 4.42 Å². The molecule has 250 valence electrons. The first-order valence-corrected chi connectivity index (χ1v) is 19.3. The Labute approximate surface area is 314 Å². The summed E-state index contributed by atoms with van der Waals surface area (Å²) in [5.74, 6) is 0. The minimum Gasteiger partial charge on any atom is -0.456 e. The van der Waals surface area contributed by atoms with E-state index in [0.29, 0.717) is 0 Å². The van der Waals surface area contributed by atoms with Crippen LogP contribution in [0.15, 0.2) is 186 Å². The van der Waals surface area contributed by atoms with Gasteiger partial charge in [-0.2, -0.15) is 0 Å². The zero-order valence-corrected chi connectivity index (χ0v) is 30.0. The average Bonchev–Trinajstić information content (AvgIpc) is 3.80. The minimum atomic E-state index is 0.922. The second-order valence-electron chi connectivity index (χ2n) is 14.4. The van der Waals surface area contributed by atoms with Gasteiger partial charge in [-0.15, -0.1) is 11.3 Å². The summed E-state index contributed by atoms with van der Waals surface area (Å²) in [6.07, 6.45) is 0. The second-order valence-corrected chi connectivity index (χ2v) is 15.4. The molecule has 0 radical (unpaired) electrons. The van der Waals surface area contributed by atoms with Gasteiger partial charge >= 0.3 is 0 Å². The summed E-state index contributed by atoms with van der Waals surface area (Å²) in [6.45, 7) is 0. The van der Waals surface area contributed by atoms with Gasteiger partial charge in [0.1, 0.15) is 11.2 Å². The van der Waals surface area contributed by atoms with Gasteiger partial charge in [0.2, 0.25) is 0 Å². The highest BCUT2D eigenvalue weighted by atomic mass is 32.1. The van der Waals surface area contributed by atoms with Crippen LogP contribution in [-0.2, 0) is 0 Å². The lowest BCUT2D eigenvalue weighted by Gasteiger charge is -2.18. The molecule has 2 heteroatoms. The van der Waals surface area contributed by atoms with E-state index in [2.05, 4.69) is 182 Å². The normalized spacial score (nSPS) is 12.1. The zero-order valence-electron chi connectivity index (χ0n) is 29.1. The van der Waals surface area contributed by atoms with Crippen molar-refractivity contribution in [2.45, 2.75) is 0 Å². The monoisotopic (exact) mass is 702 g/mol. The summed E-state index contributed by atoms with van der Waals surface area (Å²) in [5, 5.41) is 15.0. The molecular weight excluding hydrogens is 673 g/mol. The third-order valence-corrected chi connectivity index (χ3v) is 12.6. The van der Waals surface area contributed by atoms with Crippen LogP contribution in [0, 0.1) is 0 Å². The molecular formula is C52H30OS. The molecule has 0 aliphatic rings. The van der Waals surface area contributed by atoms with E-state index < -0.39 is 0 Å². The summed E-state index contributed by atoms with van der Waals surface area (Å²) in [6, 6.07) is 66.8. The van der Waals surface area contributed by atoms with Crippen LogP contribution in [0.25, 0.3) is 119 Å². The maximum absolute atomic E-state index is 6.43. The highest BCUT2D eigenvalue weighted by Gasteiger charge is 2.19. The molecule has 0 atom stereocenters. The molecule has 0 aliphatic carbocycles. The first-order valence-electron chi connectivity index (χ1n) is 18.5. The van der Waals surface area contributed by atoms with Crippen LogP contribution in [0.2, 0.25) is 0 Å². The van der Waals surface area contributed by atoms with E-state index in [1.165, 1.54) is 96.5 Å². The third kappa shape index (κ3) is 4.32. The molecule has 0 spiro atoms. The van der Waals surface area contributed by atoms with Gasteiger partial charge < -0.3 is 4.42 Å². The van der Waals surface area contributed by atoms with Gasteiger partial charge in [0.15, 0.2) is 0 Å². The smallest absolute Gasteiger partial charge is 0.136 e. The Morgan fingerprint density at radius 1 is 0.315 bits per heavy atom. The van der Waals surface area contributed by atoms with Gasteiger partial charge in [0.05, 0.1) is 0 Å². The molecule has 12 aromatic rings. The van der Waals surface area contributed by atoms with E-state index >= 15 is 0 Å². The Balaban J connectivity index is 1.01. The number of furan rings is 1. The summed E-state index contributed by atoms with van der Waals surface area (Å²) >= 11 is 1.88. The Morgan fingerprint density at radius 2 is 0.833 bits per heavy atom. The van der Waals surface area contributed by atoms with Gasteiger partial charge in [-0.3, -0.25) is 0 Å². The Morgan fingerprint density at radius 3 is 1.54 bits per heavy atom. The molecule has 54 heavy (non-hydrogen) atoms. The van der Waals surface area contributed by atoms with Gasteiger partial charge in [-0.1, -0.05) is 152 Å². The molecule has 0 saturated carbocycles. The van der Waals surface area contributed by atoms with Crippen molar-refractivity contribution in [3.05, 3.63) is 182 Å². The Bertz CT molecular complexity index is 3450.